The molecule has 0 aliphatic heterocycles. The number of carbonyl (C=O) groups excluding carboxylic acids is 1. The quantitative estimate of drug-likeness (QED) is 0.607. The molecule has 1 heterocycles. The lowest BCUT2D eigenvalue weighted by atomic mass is 9.90. The van der Waals surface area contributed by atoms with E-state index in [0.717, 1.165) is 0 Å². The van der Waals surface area contributed by atoms with E-state index in [1.165, 1.54) is 0 Å². The van der Waals surface area contributed by atoms with Gasteiger partial charge in [-0.05, 0) is 4.90 Å². The molecule has 1 amide bonds. The highest BCUT2D eigenvalue weighted by Gasteiger charge is 2.33. The molecule has 0 radical (unpaired) electrons. The van der Waals surface area contributed by atoms with Crippen LogP contribution in [-0.2, 0) is 5.41 Å². The van der Waals surface area contributed by atoms with Crippen LogP contribution in [0, 0.1) is 5.21 Å². The van der Waals surface area contributed by atoms with E-state index < -0.39 is 11.3 Å². The van der Waals surface area contributed by atoms with Gasteiger partial charge < -0.3 is 10.9 Å². The first-order valence-corrected chi connectivity index (χ1v) is 3.74. The molecule has 1 aromatic rings. The van der Waals surface area contributed by atoms with Crippen LogP contribution in [0.25, 0.3) is 0 Å². The van der Waals surface area contributed by atoms with Crippen LogP contribution in [0.1, 0.15) is 37.0 Å². The molecule has 0 saturated carbocycles. The summed E-state index contributed by atoms with van der Waals surface area (Å²) in [5, 5.41) is 14.4. The average Bonchev–Trinajstić information content (AvgIpc) is 2.28. The fraction of sp³-hybridized carbons (Fsp3) is 0.571. The van der Waals surface area contributed by atoms with Gasteiger partial charge in [0.15, 0.2) is 0 Å². The van der Waals surface area contributed by atoms with Gasteiger partial charge in [-0.2, -0.15) is 0 Å². The van der Waals surface area contributed by atoms with Gasteiger partial charge in [-0.25, -0.2) is 0 Å². The Labute approximate surface area is 74.9 Å². The average molecular weight is 185 g/mol. The Balaban J connectivity index is 3.31. The number of hydrogen-bond donors (Lipinski definition) is 1. The molecule has 2 N–H and O–H groups in total. The van der Waals surface area contributed by atoms with E-state index in [-0.39, 0.29) is 16.3 Å². The second-order valence-corrected chi connectivity index (χ2v) is 3.74. The third-order valence-corrected chi connectivity index (χ3v) is 1.56. The fourth-order valence-electron chi connectivity index (χ4n) is 0.947. The van der Waals surface area contributed by atoms with Crippen molar-refractivity contribution in [3.63, 3.8) is 0 Å². The number of carbonyl (C=O) groups is 1. The van der Waals surface area contributed by atoms with E-state index in [4.69, 9.17) is 5.73 Å². The molecule has 13 heavy (non-hydrogen) atoms. The van der Waals surface area contributed by atoms with Crippen molar-refractivity contribution in [2.45, 2.75) is 26.2 Å². The lowest BCUT2D eigenvalue weighted by Crippen LogP contribution is -2.36. The topological polar surface area (TPSA) is 96.1 Å². The summed E-state index contributed by atoms with van der Waals surface area (Å²) in [6.45, 7) is 5.41. The van der Waals surface area contributed by atoms with E-state index in [1.807, 2.05) is 0 Å². The minimum atomic E-state index is -0.832. The van der Waals surface area contributed by atoms with Crippen LogP contribution in [0.3, 0.4) is 0 Å². The van der Waals surface area contributed by atoms with Crippen LogP contribution in [0.5, 0.6) is 0 Å². The zero-order chi connectivity index (χ0) is 10.2. The van der Waals surface area contributed by atoms with Crippen molar-refractivity contribution in [2.75, 3.05) is 0 Å². The van der Waals surface area contributed by atoms with Crippen LogP contribution < -0.4 is 10.6 Å². The summed E-state index contributed by atoms with van der Waals surface area (Å²) in [4.78, 5) is 10.9. The molecule has 0 aliphatic carbocycles. The first-order valence-electron chi connectivity index (χ1n) is 3.74. The molecule has 0 aliphatic rings. The molecule has 0 fully saturated rings. The van der Waals surface area contributed by atoms with Gasteiger partial charge in [0.25, 0.3) is 11.6 Å². The third kappa shape index (κ3) is 1.61. The molecule has 0 bridgehead atoms. The summed E-state index contributed by atoms with van der Waals surface area (Å²) in [5.74, 6) is -0.832. The van der Waals surface area contributed by atoms with Gasteiger partial charge in [0.1, 0.15) is 0 Å². The van der Waals surface area contributed by atoms with E-state index >= 15 is 0 Å². The molecule has 0 spiro atoms. The Kier molecular flexibility index (Phi) is 1.99. The number of amides is 1. The molecule has 1 aromatic heterocycles. The maximum Gasteiger partial charge on any atom is 0.297 e. The lowest BCUT2D eigenvalue weighted by Gasteiger charge is -2.10. The molecular weight excluding hydrogens is 174 g/mol. The summed E-state index contributed by atoms with van der Waals surface area (Å²) < 4.78 is 4.29. The van der Waals surface area contributed by atoms with Crippen molar-refractivity contribution >= 4 is 5.91 Å². The van der Waals surface area contributed by atoms with Gasteiger partial charge in [0, 0.05) is 10.6 Å². The predicted octanol–water partition coefficient (Wildman–Crippen LogP) is -0.296. The standard InChI is InChI=1S/C7H11N3O3/c1-7(2,3)5-4(6(8)11)10(12)13-9-5/h1-3H3,(H2,8,11). The SMILES string of the molecule is CC(C)(C)c1no[n+]([O-])c1C(N)=O. The number of hydrogen-bond acceptors (Lipinski definition) is 4. The van der Waals surface area contributed by atoms with Crippen molar-refractivity contribution in [3.05, 3.63) is 16.6 Å². The van der Waals surface area contributed by atoms with Crippen LogP contribution >= 0.6 is 0 Å². The van der Waals surface area contributed by atoms with Crippen LogP contribution in [0.15, 0.2) is 4.63 Å². The van der Waals surface area contributed by atoms with Crippen molar-refractivity contribution in [1.82, 2.24) is 5.16 Å². The Morgan fingerprint density at radius 3 is 2.46 bits per heavy atom. The first-order chi connectivity index (χ1) is 5.84. The highest BCUT2D eigenvalue weighted by Crippen LogP contribution is 2.21. The van der Waals surface area contributed by atoms with Crippen molar-refractivity contribution < 1.29 is 14.3 Å². The minimum absolute atomic E-state index is 0.0307. The Hall–Kier alpha value is -1.59. The molecular formula is C7H11N3O3. The lowest BCUT2D eigenvalue weighted by molar-refractivity contribution is -0.803. The molecule has 0 saturated heterocycles. The molecule has 72 valence electrons. The van der Waals surface area contributed by atoms with Gasteiger partial charge in [-0.1, -0.05) is 20.8 Å². The van der Waals surface area contributed by atoms with Crippen molar-refractivity contribution in [2.24, 2.45) is 5.73 Å². The van der Waals surface area contributed by atoms with Crippen LogP contribution in [0.4, 0.5) is 0 Å². The van der Waals surface area contributed by atoms with Gasteiger partial charge >= 0.3 is 0 Å². The van der Waals surface area contributed by atoms with Gasteiger partial charge in [0.2, 0.25) is 5.69 Å². The normalized spacial score (nSPS) is 11.6. The Bertz CT molecular complexity index is 337. The number of nitrogens with two attached hydrogens (primary N) is 1. The summed E-state index contributed by atoms with van der Waals surface area (Å²) in [7, 11) is 0. The zero-order valence-electron chi connectivity index (χ0n) is 7.70. The van der Waals surface area contributed by atoms with Crippen LogP contribution in [0.2, 0.25) is 0 Å². The van der Waals surface area contributed by atoms with E-state index in [2.05, 4.69) is 9.79 Å². The summed E-state index contributed by atoms with van der Waals surface area (Å²) in [5.41, 5.74) is 4.60. The minimum Gasteiger partial charge on any atom is -0.362 e. The number of aromatic nitrogens is 2. The fourth-order valence-corrected chi connectivity index (χ4v) is 0.947. The number of primary amides is 1. The largest absolute Gasteiger partial charge is 0.362 e. The van der Waals surface area contributed by atoms with E-state index in [1.54, 1.807) is 20.8 Å². The third-order valence-electron chi connectivity index (χ3n) is 1.56. The molecule has 0 aromatic carbocycles. The second-order valence-electron chi connectivity index (χ2n) is 3.74. The first kappa shape index (κ1) is 9.50. The maximum absolute atomic E-state index is 10.9. The van der Waals surface area contributed by atoms with E-state index in [0.29, 0.717) is 0 Å². The van der Waals surface area contributed by atoms with E-state index in [9.17, 15) is 10.0 Å². The smallest absolute Gasteiger partial charge is 0.297 e. The summed E-state index contributed by atoms with van der Waals surface area (Å²) in [6.07, 6.45) is 0. The summed E-state index contributed by atoms with van der Waals surface area (Å²) in [6, 6.07) is 0. The Morgan fingerprint density at radius 1 is 1.62 bits per heavy atom. The molecule has 0 atom stereocenters. The highest BCUT2D eigenvalue weighted by molar-refractivity contribution is 5.90. The number of rotatable bonds is 1. The molecule has 6 heteroatoms. The zero-order valence-corrected chi connectivity index (χ0v) is 7.70. The molecule has 0 unspecified atom stereocenters. The molecule has 6 nitrogen and oxygen atoms in total. The highest BCUT2D eigenvalue weighted by atomic mass is 16.8. The second kappa shape index (κ2) is 2.72. The number of nitrogens with zero attached hydrogens (tertiary/aromatic N) is 2. The van der Waals surface area contributed by atoms with Crippen molar-refractivity contribution in [3.8, 4) is 0 Å². The van der Waals surface area contributed by atoms with Gasteiger partial charge in [0.05, 0.1) is 0 Å². The molecule has 1 rings (SSSR count). The Morgan fingerprint density at radius 2 is 2.15 bits per heavy atom. The maximum atomic E-state index is 10.9. The van der Waals surface area contributed by atoms with Gasteiger partial charge in [-0.3, -0.25) is 9.42 Å². The van der Waals surface area contributed by atoms with Gasteiger partial charge in [-0.15, -0.1) is 0 Å². The van der Waals surface area contributed by atoms with Crippen molar-refractivity contribution in [1.29, 1.82) is 0 Å². The van der Waals surface area contributed by atoms with Crippen LogP contribution in [-0.4, -0.2) is 11.1 Å². The predicted molar refractivity (Wildman–Crippen MR) is 42.7 cm³/mol. The summed E-state index contributed by atoms with van der Waals surface area (Å²) >= 11 is 0. The monoisotopic (exact) mass is 185 g/mol.